The van der Waals surface area contributed by atoms with Gasteiger partial charge in [0, 0.05) is 0 Å². The van der Waals surface area contributed by atoms with Gasteiger partial charge in [-0.3, -0.25) is 0 Å². The Morgan fingerprint density at radius 1 is 1.10 bits per heavy atom. The maximum atomic E-state index is 12.5. The quantitative estimate of drug-likeness (QED) is 0.582. The van der Waals surface area contributed by atoms with E-state index in [4.69, 9.17) is 0 Å². The molecule has 1 aromatic rings. The zero-order valence-electron chi connectivity index (χ0n) is 13.0. The maximum absolute atomic E-state index is 12.5. The van der Waals surface area contributed by atoms with Crippen molar-refractivity contribution in [1.29, 1.82) is 0 Å². The van der Waals surface area contributed by atoms with Crippen LogP contribution in [-0.2, 0) is 0 Å². The first-order chi connectivity index (χ1) is 10.0. The number of benzene rings is 1. The Kier molecular flexibility index (Phi) is 6.04. The van der Waals surface area contributed by atoms with Gasteiger partial charge in [-0.05, 0) is 0 Å². The zero-order chi connectivity index (χ0) is 15.4. The van der Waals surface area contributed by atoms with Crippen molar-refractivity contribution in [3.8, 4) is 0 Å². The van der Waals surface area contributed by atoms with E-state index >= 15 is 0 Å². The Hall–Kier alpha value is -0.631. The fraction of sp³-hybridized carbons (Fsp3) is 0.333. The molecule has 0 spiro atoms. The van der Waals surface area contributed by atoms with E-state index in [1.54, 1.807) is 0 Å². The van der Waals surface area contributed by atoms with E-state index in [2.05, 4.69) is 45.2 Å². The van der Waals surface area contributed by atoms with Crippen LogP contribution in [0.4, 0.5) is 0 Å². The van der Waals surface area contributed by atoms with Gasteiger partial charge in [-0.25, -0.2) is 0 Å². The first-order valence-electron chi connectivity index (χ1n) is 7.18. The molecular weight excluding hydrogens is 325 g/mol. The summed E-state index contributed by atoms with van der Waals surface area (Å²) in [5.74, 6) is 1.60. The second kappa shape index (κ2) is 7.58. The summed E-state index contributed by atoms with van der Waals surface area (Å²) in [6.07, 6.45) is 6.46. The van der Waals surface area contributed by atoms with E-state index in [1.165, 1.54) is 10.7 Å². The molecule has 3 heteroatoms. The van der Waals surface area contributed by atoms with Gasteiger partial charge in [0.25, 0.3) is 0 Å². The fourth-order valence-electron chi connectivity index (χ4n) is 2.23. The summed E-state index contributed by atoms with van der Waals surface area (Å²) < 4.78 is 0. The van der Waals surface area contributed by atoms with Crippen molar-refractivity contribution in [2.24, 2.45) is 0 Å². The van der Waals surface area contributed by atoms with Crippen molar-refractivity contribution in [3.63, 3.8) is 0 Å². The van der Waals surface area contributed by atoms with Gasteiger partial charge in [-0.15, -0.1) is 0 Å². The molecule has 1 aliphatic carbocycles. The summed E-state index contributed by atoms with van der Waals surface area (Å²) >= 11 is 0.163. The third-order valence-electron chi connectivity index (χ3n) is 3.76. The minimum absolute atomic E-state index is 0.0652. The summed E-state index contributed by atoms with van der Waals surface area (Å²) in [6.45, 7) is 4.25. The number of ketones is 1. The molecule has 111 valence electrons. The van der Waals surface area contributed by atoms with Crippen LogP contribution in [0, 0.1) is 30.0 Å². The molecule has 21 heavy (non-hydrogen) atoms. The van der Waals surface area contributed by atoms with Crippen molar-refractivity contribution < 1.29 is 4.79 Å². The summed E-state index contributed by atoms with van der Waals surface area (Å²) in [5, 5.41) is 0. The molecule has 0 N–H and O–H groups in total. The fourth-order valence-corrected chi connectivity index (χ4v) is 4.65. The molecule has 2 atom stereocenters. The van der Waals surface area contributed by atoms with Crippen molar-refractivity contribution in [2.75, 3.05) is 14.1 Å². The van der Waals surface area contributed by atoms with Gasteiger partial charge in [0.05, 0.1) is 0 Å². The molecule has 1 unspecified atom stereocenters. The minimum atomic E-state index is 0.0652. The standard InChI is InChI=1S/C18H22NOSe/c1-13(19(3)4)16-11-8-12-17(16)21-14(2)18(20)15-9-6-5-7-10-15/h5-14H,1-4H3/t13-,14?/m1/s1. The van der Waals surface area contributed by atoms with E-state index in [1.807, 2.05) is 37.3 Å². The van der Waals surface area contributed by atoms with Crippen LogP contribution in [0.3, 0.4) is 0 Å². The molecule has 1 fully saturated rings. The number of nitrogens with zero attached hydrogens (tertiary/aromatic N) is 1. The van der Waals surface area contributed by atoms with Crippen LogP contribution in [0.5, 0.6) is 0 Å². The molecule has 1 aromatic carbocycles. The number of hydrogen-bond donors (Lipinski definition) is 0. The monoisotopic (exact) mass is 348 g/mol. The van der Waals surface area contributed by atoms with Crippen LogP contribution < -0.4 is 0 Å². The second-order valence-corrected chi connectivity index (χ2v) is 8.38. The molecule has 0 amide bonds. The van der Waals surface area contributed by atoms with E-state index in [0.29, 0.717) is 6.04 Å². The van der Waals surface area contributed by atoms with Crippen molar-refractivity contribution in [1.82, 2.24) is 4.90 Å². The van der Waals surface area contributed by atoms with Gasteiger partial charge in [-0.1, -0.05) is 0 Å². The molecule has 0 aromatic heterocycles. The number of carbonyl (C=O) groups is 1. The SMILES string of the molecule is CC([Se][C]1[CH][CH][CH][C]1[C@@H](C)N(C)C)C(=O)c1ccccc1. The number of rotatable bonds is 6. The van der Waals surface area contributed by atoms with Crippen LogP contribution in [-0.4, -0.2) is 45.8 Å². The molecule has 1 saturated carbocycles. The van der Waals surface area contributed by atoms with Gasteiger partial charge < -0.3 is 0 Å². The normalized spacial score (nSPS) is 19.9. The van der Waals surface area contributed by atoms with Gasteiger partial charge in [0.2, 0.25) is 0 Å². The summed E-state index contributed by atoms with van der Waals surface area (Å²) in [4.78, 5) is 16.1. The molecule has 0 heterocycles. The summed E-state index contributed by atoms with van der Waals surface area (Å²) in [6, 6.07) is 9.99. The summed E-state index contributed by atoms with van der Waals surface area (Å²) in [5.41, 5.74) is 0.820. The van der Waals surface area contributed by atoms with Crippen LogP contribution in [0.2, 0.25) is 4.82 Å². The van der Waals surface area contributed by atoms with Crippen molar-refractivity contribution >= 4 is 20.7 Å². The first kappa shape index (κ1) is 16.7. The van der Waals surface area contributed by atoms with Gasteiger partial charge in [0.15, 0.2) is 0 Å². The molecule has 2 nitrogen and oxygen atoms in total. The predicted molar refractivity (Wildman–Crippen MR) is 88.5 cm³/mol. The van der Waals surface area contributed by atoms with Crippen molar-refractivity contribution in [2.45, 2.75) is 24.7 Å². The van der Waals surface area contributed by atoms with Crippen LogP contribution >= 0.6 is 0 Å². The van der Waals surface area contributed by atoms with E-state index in [0.717, 1.165) is 5.56 Å². The van der Waals surface area contributed by atoms with Crippen LogP contribution in [0.1, 0.15) is 24.2 Å². The molecule has 0 aliphatic heterocycles. The Bertz CT molecular complexity index is 460. The van der Waals surface area contributed by atoms with E-state index in [9.17, 15) is 4.79 Å². The van der Waals surface area contributed by atoms with Crippen molar-refractivity contribution in [3.05, 3.63) is 65.9 Å². The van der Waals surface area contributed by atoms with Gasteiger partial charge in [-0.2, -0.15) is 0 Å². The molecular formula is C18H22NOSe. The Labute approximate surface area is 135 Å². The third-order valence-corrected chi connectivity index (χ3v) is 6.27. The molecule has 0 bridgehead atoms. The number of Topliss-reactive ketones (excluding diaryl/α,β-unsaturated/α-hetero) is 1. The zero-order valence-corrected chi connectivity index (χ0v) is 14.8. The summed E-state index contributed by atoms with van der Waals surface area (Å²) in [7, 11) is 4.18. The second-order valence-electron chi connectivity index (χ2n) is 5.48. The molecule has 5 radical (unpaired) electrons. The van der Waals surface area contributed by atoms with E-state index in [-0.39, 0.29) is 25.6 Å². The Morgan fingerprint density at radius 2 is 1.76 bits per heavy atom. The Balaban J connectivity index is 1.98. The number of hydrogen-bond acceptors (Lipinski definition) is 2. The molecule has 0 saturated heterocycles. The topological polar surface area (TPSA) is 20.3 Å². The average molecular weight is 347 g/mol. The average Bonchev–Trinajstić information content (AvgIpc) is 2.94. The molecule has 2 rings (SSSR count). The van der Waals surface area contributed by atoms with Crippen LogP contribution in [0.15, 0.2) is 30.3 Å². The van der Waals surface area contributed by atoms with Gasteiger partial charge in [0.1, 0.15) is 0 Å². The molecule has 1 aliphatic rings. The predicted octanol–water partition coefficient (Wildman–Crippen LogP) is 3.06. The number of carbonyl (C=O) groups excluding carboxylic acids is 1. The third kappa shape index (κ3) is 4.18. The van der Waals surface area contributed by atoms with E-state index < -0.39 is 0 Å². The van der Waals surface area contributed by atoms with Gasteiger partial charge >= 0.3 is 135 Å². The Morgan fingerprint density at radius 3 is 2.38 bits per heavy atom. The van der Waals surface area contributed by atoms with Crippen LogP contribution in [0.25, 0.3) is 0 Å². The first-order valence-corrected chi connectivity index (χ1v) is 9.03.